The lowest BCUT2D eigenvalue weighted by Gasteiger charge is -2.32. The van der Waals surface area contributed by atoms with Crippen molar-refractivity contribution in [1.29, 1.82) is 0 Å². The summed E-state index contributed by atoms with van der Waals surface area (Å²) in [5.41, 5.74) is 3.07. The van der Waals surface area contributed by atoms with E-state index in [1.165, 1.54) is 12.4 Å². The summed E-state index contributed by atoms with van der Waals surface area (Å²) < 4.78 is 6.83. The third kappa shape index (κ3) is 3.51. The van der Waals surface area contributed by atoms with Gasteiger partial charge in [0.05, 0.1) is 31.6 Å². The second-order valence-corrected chi connectivity index (χ2v) is 7.33. The van der Waals surface area contributed by atoms with E-state index in [0.29, 0.717) is 35.2 Å². The van der Waals surface area contributed by atoms with Crippen molar-refractivity contribution >= 4 is 17.4 Å². The molecule has 0 fully saturated rings. The topological polar surface area (TPSA) is 90.2 Å². The Labute approximate surface area is 183 Å². The highest BCUT2D eigenvalue weighted by molar-refractivity contribution is 6.00. The zero-order chi connectivity index (χ0) is 22.1. The van der Waals surface area contributed by atoms with Crippen molar-refractivity contribution in [3.63, 3.8) is 0 Å². The van der Waals surface area contributed by atoms with Gasteiger partial charge in [-0.05, 0) is 29.8 Å². The molecule has 0 bridgehead atoms. The number of methoxy groups -OCH3 is 1. The SMILES string of the molecule is COc1cccc(C(=O)CN2c3ccccc3Cn3c2nc(-c2ccncn2)cc3=O)c1. The van der Waals surface area contributed by atoms with Gasteiger partial charge in [0, 0.05) is 23.5 Å². The monoisotopic (exact) mass is 425 g/mol. The Morgan fingerprint density at radius 3 is 2.75 bits per heavy atom. The van der Waals surface area contributed by atoms with Crippen molar-refractivity contribution in [3.05, 3.63) is 94.7 Å². The zero-order valence-corrected chi connectivity index (χ0v) is 17.3. The van der Waals surface area contributed by atoms with Gasteiger partial charge in [0.25, 0.3) is 5.56 Å². The molecule has 8 heteroatoms. The van der Waals surface area contributed by atoms with Gasteiger partial charge in [-0.1, -0.05) is 30.3 Å². The van der Waals surface area contributed by atoms with Crippen molar-refractivity contribution in [2.75, 3.05) is 18.6 Å². The fourth-order valence-electron chi connectivity index (χ4n) is 3.80. The molecule has 4 aromatic rings. The molecule has 5 rings (SSSR count). The predicted molar refractivity (Wildman–Crippen MR) is 119 cm³/mol. The maximum Gasteiger partial charge on any atom is 0.255 e. The molecule has 1 aliphatic rings. The Balaban J connectivity index is 1.61. The molecule has 0 N–H and O–H groups in total. The number of aromatic nitrogens is 4. The number of nitrogens with zero attached hydrogens (tertiary/aromatic N) is 5. The summed E-state index contributed by atoms with van der Waals surface area (Å²) in [4.78, 5) is 40.9. The molecule has 0 atom stereocenters. The zero-order valence-electron chi connectivity index (χ0n) is 17.3. The summed E-state index contributed by atoms with van der Waals surface area (Å²) in [6.45, 7) is 0.398. The Morgan fingerprint density at radius 1 is 1.06 bits per heavy atom. The van der Waals surface area contributed by atoms with Crippen LogP contribution in [0.25, 0.3) is 11.4 Å². The van der Waals surface area contributed by atoms with Gasteiger partial charge in [-0.3, -0.25) is 14.2 Å². The van der Waals surface area contributed by atoms with Gasteiger partial charge in [0.15, 0.2) is 5.78 Å². The molecule has 8 nitrogen and oxygen atoms in total. The molecule has 0 unspecified atom stereocenters. The summed E-state index contributed by atoms with van der Waals surface area (Å²) >= 11 is 0. The molecule has 0 radical (unpaired) electrons. The maximum absolute atomic E-state index is 13.2. The van der Waals surface area contributed by atoms with Crippen LogP contribution in [0.5, 0.6) is 5.75 Å². The summed E-state index contributed by atoms with van der Waals surface area (Å²) in [5, 5.41) is 0. The molecular weight excluding hydrogens is 406 g/mol. The number of ether oxygens (including phenoxy) is 1. The van der Waals surface area contributed by atoms with E-state index >= 15 is 0 Å². The Morgan fingerprint density at radius 2 is 1.94 bits per heavy atom. The lowest BCUT2D eigenvalue weighted by Crippen LogP contribution is -2.37. The molecule has 32 heavy (non-hydrogen) atoms. The molecule has 0 amide bonds. The highest BCUT2D eigenvalue weighted by atomic mass is 16.5. The Bertz CT molecular complexity index is 1370. The van der Waals surface area contributed by atoms with E-state index in [9.17, 15) is 9.59 Å². The predicted octanol–water partition coefficient (Wildman–Crippen LogP) is 3.09. The summed E-state index contributed by atoms with van der Waals surface area (Å²) in [7, 11) is 1.56. The number of fused-ring (bicyclic) bond motifs is 2. The Hall–Kier alpha value is -4.33. The van der Waals surface area contributed by atoms with Crippen LogP contribution in [0, 0.1) is 0 Å². The van der Waals surface area contributed by atoms with Crippen molar-refractivity contribution in [2.24, 2.45) is 0 Å². The molecule has 2 aromatic heterocycles. The van der Waals surface area contributed by atoms with Crippen LogP contribution < -0.4 is 15.2 Å². The minimum absolute atomic E-state index is 0.0177. The van der Waals surface area contributed by atoms with Gasteiger partial charge in [0.2, 0.25) is 5.95 Å². The molecule has 0 spiro atoms. The first-order chi connectivity index (χ1) is 15.6. The average Bonchev–Trinajstić information content (AvgIpc) is 2.84. The van der Waals surface area contributed by atoms with E-state index in [0.717, 1.165) is 11.3 Å². The fraction of sp³-hybridized carbons (Fsp3) is 0.125. The van der Waals surface area contributed by atoms with Crippen molar-refractivity contribution < 1.29 is 9.53 Å². The van der Waals surface area contributed by atoms with E-state index in [1.807, 2.05) is 24.3 Å². The van der Waals surface area contributed by atoms with Crippen LogP contribution in [0.2, 0.25) is 0 Å². The number of benzene rings is 2. The number of hydrogen-bond donors (Lipinski definition) is 0. The van der Waals surface area contributed by atoms with Crippen LogP contribution in [-0.2, 0) is 6.54 Å². The first kappa shape index (κ1) is 19.6. The Kier molecular flexibility index (Phi) is 4.95. The molecule has 3 heterocycles. The van der Waals surface area contributed by atoms with Gasteiger partial charge in [-0.25, -0.2) is 15.0 Å². The second kappa shape index (κ2) is 8.07. The number of rotatable bonds is 5. The van der Waals surface area contributed by atoms with E-state index in [1.54, 1.807) is 53.1 Å². The van der Waals surface area contributed by atoms with Gasteiger partial charge in [-0.2, -0.15) is 0 Å². The number of ketones is 1. The lowest BCUT2D eigenvalue weighted by atomic mass is 10.1. The molecule has 0 aliphatic carbocycles. The number of para-hydroxylation sites is 1. The summed E-state index contributed by atoms with van der Waals surface area (Å²) in [6, 6.07) is 17.9. The average molecular weight is 425 g/mol. The molecule has 158 valence electrons. The third-order valence-corrected chi connectivity index (χ3v) is 5.38. The van der Waals surface area contributed by atoms with Gasteiger partial charge < -0.3 is 9.64 Å². The first-order valence-electron chi connectivity index (χ1n) is 10.0. The molecule has 0 saturated carbocycles. The number of carbonyl (C=O) groups is 1. The number of Topliss-reactive ketones (excluding diaryl/α,β-unsaturated/α-hetero) is 1. The highest BCUT2D eigenvalue weighted by Gasteiger charge is 2.27. The van der Waals surface area contributed by atoms with Gasteiger partial charge in [-0.15, -0.1) is 0 Å². The van der Waals surface area contributed by atoms with Crippen LogP contribution in [0.1, 0.15) is 15.9 Å². The van der Waals surface area contributed by atoms with Crippen molar-refractivity contribution in [3.8, 4) is 17.1 Å². The largest absolute Gasteiger partial charge is 0.497 e. The van der Waals surface area contributed by atoms with Gasteiger partial charge in [0.1, 0.15) is 12.1 Å². The van der Waals surface area contributed by atoms with Crippen LogP contribution in [0.15, 0.2) is 78.0 Å². The molecule has 0 saturated heterocycles. The van der Waals surface area contributed by atoms with Crippen molar-refractivity contribution in [2.45, 2.75) is 6.54 Å². The number of anilines is 2. The van der Waals surface area contributed by atoms with E-state index in [4.69, 9.17) is 9.72 Å². The molecular formula is C24H19N5O3. The maximum atomic E-state index is 13.2. The van der Waals surface area contributed by atoms with Crippen LogP contribution >= 0.6 is 0 Å². The normalized spacial score (nSPS) is 12.1. The molecule has 1 aliphatic heterocycles. The quantitative estimate of drug-likeness (QED) is 0.454. The van der Waals surface area contributed by atoms with Gasteiger partial charge >= 0.3 is 0 Å². The van der Waals surface area contributed by atoms with Crippen LogP contribution in [0.4, 0.5) is 11.6 Å². The smallest absolute Gasteiger partial charge is 0.255 e. The first-order valence-corrected chi connectivity index (χ1v) is 10.0. The van der Waals surface area contributed by atoms with E-state index in [-0.39, 0.29) is 17.9 Å². The standard InChI is InChI=1S/C24H19N5O3/c1-32-18-7-4-6-16(11-18)22(30)14-28-21-8-3-2-5-17(21)13-29-23(31)12-20(27-24(28)29)19-9-10-25-15-26-19/h2-12,15H,13-14H2,1H3. The van der Waals surface area contributed by atoms with E-state index in [2.05, 4.69) is 9.97 Å². The second-order valence-electron chi connectivity index (χ2n) is 7.33. The minimum atomic E-state index is -0.211. The number of carbonyl (C=O) groups excluding carboxylic acids is 1. The summed E-state index contributed by atoms with van der Waals surface area (Å²) in [6.07, 6.45) is 3.01. The lowest BCUT2D eigenvalue weighted by molar-refractivity contribution is 0.100. The van der Waals surface area contributed by atoms with Crippen LogP contribution in [0.3, 0.4) is 0 Å². The summed E-state index contributed by atoms with van der Waals surface area (Å²) in [5.74, 6) is 0.894. The molecule has 2 aromatic carbocycles. The van der Waals surface area contributed by atoms with Crippen LogP contribution in [-0.4, -0.2) is 39.0 Å². The fourth-order valence-corrected chi connectivity index (χ4v) is 3.80. The number of hydrogen-bond acceptors (Lipinski definition) is 7. The van der Waals surface area contributed by atoms with Crippen molar-refractivity contribution in [1.82, 2.24) is 19.5 Å². The highest BCUT2D eigenvalue weighted by Crippen LogP contribution is 2.33. The third-order valence-electron chi connectivity index (χ3n) is 5.38. The van der Waals surface area contributed by atoms with E-state index < -0.39 is 0 Å². The minimum Gasteiger partial charge on any atom is -0.497 e.